The van der Waals surface area contributed by atoms with Gasteiger partial charge in [-0.25, -0.2) is 4.98 Å². The number of thioether (sulfide) groups is 1. The Kier molecular flexibility index (Phi) is 4.84. The zero-order valence-corrected chi connectivity index (χ0v) is 15.8. The Balaban J connectivity index is 1.70. The fourth-order valence-corrected chi connectivity index (χ4v) is 5.17. The summed E-state index contributed by atoms with van der Waals surface area (Å²) in [5, 5.41) is 5.55. The lowest BCUT2D eigenvalue weighted by atomic mass is 9.98. The van der Waals surface area contributed by atoms with Gasteiger partial charge in [0.2, 0.25) is 0 Å². The number of carbonyl (C=O) groups is 1. The third-order valence-electron chi connectivity index (χ3n) is 4.92. The Morgan fingerprint density at radius 3 is 2.72 bits per heavy atom. The highest BCUT2D eigenvalue weighted by atomic mass is 35.5. The van der Waals surface area contributed by atoms with E-state index >= 15 is 0 Å². The van der Waals surface area contributed by atoms with E-state index in [1.54, 1.807) is 0 Å². The molecule has 0 N–H and O–H groups in total. The quantitative estimate of drug-likeness (QED) is 0.811. The van der Waals surface area contributed by atoms with Gasteiger partial charge in [-0.15, -0.1) is 5.10 Å². The van der Waals surface area contributed by atoms with Crippen molar-refractivity contribution in [2.45, 2.75) is 49.1 Å². The largest absolute Gasteiger partial charge is 0.295 e. The van der Waals surface area contributed by atoms with Crippen molar-refractivity contribution in [3.05, 3.63) is 40.7 Å². The Morgan fingerprint density at radius 1 is 1.28 bits per heavy atom. The minimum absolute atomic E-state index is 0.0164. The maximum Gasteiger partial charge on any atom is 0.264 e. The maximum absolute atomic E-state index is 13.1. The number of fused-ring (bicyclic) bond motifs is 1. The van der Waals surface area contributed by atoms with E-state index in [0.29, 0.717) is 5.16 Å². The number of hydrogen-bond acceptors (Lipinski definition) is 5. The minimum atomic E-state index is -0.251. The predicted molar refractivity (Wildman–Crippen MR) is 99.3 cm³/mol. The van der Waals surface area contributed by atoms with Gasteiger partial charge in [0.1, 0.15) is 5.25 Å². The lowest BCUT2D eigenvalue weighted by Gasteiger charge is -2.37. The lowest BCUT2D eigenvalue weighted by molar-refractivity contribution is 0.0818. The molecule has 2 unspecified atom stereocenters. The molecule has 0 amide bonds. The van der Waals surface area contributed by atoms with Gasteiger partial charge in [0, 0.05) is 11.4 Å². The van der Waals surface area contributed by atoms with E-state index in [0.717, 1.165) is 48.8 Å². The monoisotopic (exact) mass is 376 g/mol. The smallest absolute Gasteiger partial charge is 0.264 e. The molecule has 132 valence electrons. The van der Waals surface area contributed by atoms with Crippen LogP contribution in [0.15, 0.2) is 29.4 Å². The van der Waals surface area contributed by atoms with Crippen LogP contribution in [-0.2, 0) is 6.42 Å². The molecule has 2 aliphatic rings. The van der Waals surface area contributed by atoms with E-state index in [4.69, 9.17) is 11.6 Å². The molecule has 2 atom stereocenters. The Morgan fingerprint density at radius 2 is 2.04 bits per heavy atom. The van der Waals surface area contributed by atoms with E-state index in [1.807, 2.05) is 31.2 Å². The number of aryl methyl sites for hydroxylation is 1. The van der Waals surface area contributed by atoms with E-state index < -0.39 is 0 Å². The molecule has 0 bridgehead atoms. The summed E-state index contributed by atoms with van der Waals surface area (Å²) in [5.41, 5.74) is 1.03. The molecule has 0 radical (unpaired) electrons. The Labute approximate surface area is 156 Å². The SMILES string of the molecule is CCc1nc2n(n1)C(=O)C(C(c1ccccc1Cl)N1CCCCC1)S2. The molecule has 1 aromatic heterocycles. The van der Waals surface area contributed by atoms with Crippen LogP contribution in [0.2, 0.25) is 5.02 Å². The van der Waals surface area contributed by atoms with Crippen molar-refractivity contribution >= 4 is 29.3 Å². The first-order chi connectivity index (χ1) is 12.2. The first-order valence-electron chi connectivity index (χ1n) is 8.84. The van der Waals surface area contributed by atoms with Crippen molar-refractivity contribution in [2.75, 3.05) is 13.1 Å². The second-order valence-electron chi connectivity index (χ2n) is 6.52. The van der Waals surface area contributed by atoms with E-state index in [1.165, 1.54) is 22.9 Å². The molecule has 7 heteroatoms. The van der Waals surface area contributed by atoms with Gasteiger partial charge < -0.3 is 0 Å². The predicted octanol–water partition coefficient (Wildman–Crippen LogP) is 3.84. The summed E-state index contributed by atoms with van der Waals surface area (Å²) in [4.78, 5) is 20.0. The zero-order valence-electron chi connectivity index (χ0n) is 14.2. The molecule has 0 spiro atoms. The van der Waals surface area contributed by atoms with Gasteiger partial charge >= 0.3 is 0 Å². The lowest BCUT2D eigenvalue weighted by Crippen LogP contribution is -2.41. The van der Waals surface area contributed by atoms with Crippen LogP contribution in [0.5, 0.6) is 0 Å². The number of halogens is 1. The van der Waals surface area contributed by atoms with Crippen molar-refractivity contribution in [2.24, 2.45) is 0 Å². The van der Waals surface area contributed by atoms with Gasteiger partial charge in [-0.3, -0.25) is 9.69 Å². The number of nitrogens with zero attached hydrogens (tertiary/aromatic N) is 4. The number of aromatic nitrogens is 3. The molecular formula is C18H21ClN4OS. The fraction of sp³-hybridized carbons (Fsp3) is 0.500. The molecule has 0 aliphatic carbocycles. The van der Waals surface area contributed by atoms with Crippen molar-refractivity contribution in [3.63, 3.8) is 0 Å². The first kappa shape index (κ1) is 17.1. The summed E-state index contributed by atoms with van der Waals surface area (Å²) in [6, 6.07) is 7.84. The molecule has 3 heterocycles. The molecule has 2 aliphatic heterocycles. The van der Waals surface area contributed by atoms with Gasteiger partial charge in [-0.2, -0.15) is 4.68 Å². The molecule has 1 aromatic carbocycles. The van der Waals surface area contributed by atoms with E-state index in [-0.39, 0.29) is 17.2 Å². The third-order valence-corrected chi connectivity index (χ3v) is 6.45. The van der Waals surface area contributed by atoms with Crippen LogP contribution in [0.1, 0.15) is 48.4 Å². The zero-order chi connectivity index (χ0) is 17.4. The third kappa shape index (κ3) is 3.11. The summed E-state index contributed by atoms with van der Waals surface area (Å²) in [5.74, 6) is 0.740. The molecular weight excluding hydrogens is 356 g/mol. The molecule has 4 rings (SSSR count). The average molecular weight is 377 g/mol. The van der Waals surface area contributed by atoms with Crippen molar-refractivity contribution in [1.29, 1.82) is 0 Å². The van der Waals surface area contributed by atoms with Crippen LogP contribution in [0.3, 0.4) is 0 Å². The second kappa shape index (κ2) is 7.09. The number of likely N-dealkylation sites (tertiary alicyclic amines) is 1. The van der Waals surface area contributed by atoms with Gasteiger partial charge in [0.05, 0.1) is 6.04 Å². The normalized spacial score (nSPS) is 22.2. The molecule has 2 aromatic rings. The van der Waals surface area contributed by atoms with Crippen molar-refractivity contribution < 1.29 is 4.79 Å². The summed E-state index contributed by atoms with van der Waals surface area (Å²) in [6.45, 7) is 3.99. The highest BCUT2D eigenvalue weighted by Crippen LogP contribution is 2.43. The summed E-state index contributed by atoms with van der Waals surface area (Å²) >= 11 is 8.04. The first-order valence-corrected chi connectivity index (χ1v) is 10.1. The number of benzene rings is 1. The maximum atomic E-state index is 13.1. The number of hydrogen-bond donors (Lipinski definition) is 0. The second-order valence-corrected chi connectivity index (χ2v) is 8.03. The number of rotatable bonds is 4. The molecule has 5 nitrogen and oxygen atoms in total. The topological polar surface area (TPSA) is 51.0 Å². The molecule has 0 saturated carbocycles. The van der Waals surface area contributed by atoms with Crippen LogP contribution in [0, 0.1) is 0 Å². The Hall–Kier alpha value is -1.37. The minimum Gasteiger partial charge on any atom is -0.295 e. The van der Waals surface area contributed by atoms with Crippen LogP contribution in [0.25, 0.3) is 0 Å². The highest BCUT2D eigenvalue weighted by Gasteiger charge is 2.43. The highest BCUT2D eigenvalue weighted by molar-refractivity contribution is 8.00. The molecule has 1 fully saturated rings. The Bertz CT molecular complexity index is 787. The van der Waals surface area contributed by atoms with Crippen LogP contribution in [0.4, 0.5) is 0 Å². The summed E-state index contributed by atoms with van der Waals surface area (Å²) in [6.07, 6.45) is 4.31. The fourth-order valence-electron chi connectivity index (χ4n) is 3.65. The van der Waals surface area contributed by atoms with Gasteiger partial charge in [0.25, 0.3) is 5.91 Å². The summed E-state index contributed by atoms with van der Waals surface area (Å²) < 4.78 is 1.49. The van der Waals surface area contributed by atoms with E-state index in [9.17, 15) is 4.79 Å². The van der Waals surface area contributed by atoms with E-state index in [2.05, 4.69) is 15.0 Å². The van der Waals surface area contributed by atoms with Crippen LogP contribution in [-0.4, -0.2) is 43.9 Å². The number of carbonyl (C=O) groups excluding carboxylic acids is 1. The van der Waals surface area contributed by atoms with Gasteiger partial charge in [-0.05, 0) is 37.6 Å². The summed E-state index contributed by atoms with van der Waals surface area (Å²) in [7, 11) is 0. The van der Waals surface area contributed by atoms with Crippen molar-refractivity contribution in [1.82, 2.24) is 19.7 Å². The molecule has 25 heavy (non-hydrogen) atoms. The standard InChI is InChI=1S/C18H21ClN4OS/c1-2-14-20-18-23(21-14)17(24)16(25-18)15(22-10-6-3-7-11-22)12-8-4-5-9-13(12)19/h4-5,8-9,15-16H,2-3,6-7,10-11H2,1H3. The van der Waals surface area contributed by atoms with Crippen LogP contribution >= 0.6 is 23.4 Å². The number of piperidine rings is 1. The van der Waals surface area contributed by atoms with Crippen molar-refractivity contribution in [3.8, 4) is 0 Å². The molecule has 1 saturated heterocycles. The average Bonchev–Trinajstić information content (AvgIpc) is 3.18. The van der Waals surface area contributed by atoms with Crippen LogP contribution < -0.4 is 0 Å². The van der Waals surface area contributed by atoms with Gasteiger partial charge in [0.15, 0.2) is 11.0 Å². The van der Waals surface area contributed by atoms with Gasteiger partial charge in [-0.1, -0.05) is 54.9 Å².